The third-order valence-corrected chi connectivity index (χ3v) is 12.2. The first-order valence-electron chi connectivity index (χ1n) is 14.8. The van der Waals surface area contributed by atoms with Crippen molar-refractivity contribution in [2.75, 3.05) is 11.6 Å². The van der Waals surface area contributed by atoms with Crippen molar-refractivity contribution in [3.8, 4) is 5.75 Å². The van der Waals surface area contributed by atoms with Crippen LogP contribution in [0.4, 0.5) is 4.79 Å². The molecule has 2 atom stereocenters. The molecule has 0 aliphatic rings. The number of amides is 1. The van der Waals surface area contributed by atoms with E-state index in [-0.39, 0.29) is 34.4 Å². The molecule has 1 aromatic heterocycles. The van der Waals surface area contributed by atoms with E-state index in [1.54, 1.807) is 20.8 Å². The minimum Gasteiger partial charge on any atom is -0.483 e. The highest BCUT2D eigenvalue weighted by molar-refractivity contribution is 6.74. The summed E-state index contributed by atoms with van der Waals surface area (Å²) in [6.07, 6.45) is -0.293. The van der Waals surface area contributed by atoms with Crippen LogP contribution in [0, 0.1) is 11.8 Å². The maximum atomic E-state index is 13.7. The van der Waals surface area contributed by atoms with Gasteiger partial charge >= 0.3 is 6.09 Å². The zero-order valence-electron chi connectivity index (χ0n) is 28.1. The molecule has 9 heteroatoms. The first-order valence-corrected chi connectivity index (χ1v) is 17.8. The van der Waals surface area contributed by atoms with Gasteiger partial charge < -0.3 is 19.0 Å². The average molecular weight is 603 g/mol. The molecule has 1 heterocycles. The fourth-order valence-electron chi connectivity index (χ4n) is 4.21. The van der Waals surface area contributed by atoms with E-state index in [1.807, 2.05) is 65.0 Å². The Labute approximate surface area is 254 Å². The summed E-state index contributed by atoms with van der Waals surface area (Å²) in [5, 5.41) is 13.6. The lowest BCUT2D eigenvalue weighted by Crippen LogP contribution is -2.56. The van der Waals surface area contributed by atoms with Crippen molar-refractivity contribution in [1.82, 2.24) is 4.68 Å². The lowest BCUT2D eigenvalue weighted by atomic mass is 9.88. The number of aliphatic hydroxyl groups excluding tert-OH is 1. The van der Waals surface area contributed by atoms with Crippen LogP contribution in [-0.2, 0) is 15.8 Å². The monoisotopic (exact) mass is 602 g/mol. The highest BCUT2D eigenvalue weighted by atomic mass is 28.4. The highest BCUT2D eigenvalue weighted by Gasteiger charge is 2.41. The van der Waals surface area contributed by atoms with Crippen LogP contribution in [0.3, 0.4) is 0 Å². The number of aliphatic hydroxyl groups is 1. The zero-order valence-corrected chi connectivity index (χ0v) is 29.1. The number of benzene rings is 1. The quantitative estimate of drug-likeness (QED) is 0.285. The molecule has 0 saturated heterocycles. The van der Waals surface area contributed by atoms with Gasteiger partial charge in [0.25, 0.3) is 0 Å². The second kappa shape index (κ2) is 13.3. The standard InChI is InChI=1S/C33H54N2O6Si/c1-23(2)25(22-40-42(12,13)33(9,10)11)28(37)27-29(39-21-24-17-15-14-16-18-24)26(36)19-20-34(27)35(31(3,4)5)30(38)41-32(6,7)8/h14-20,23,25,28,37H,21-22H2,1-13H3. The first kappa shape index (κ1) is 35.6. The molecule has 0 aliphatic heterocycles. The topological polar surface area (TPSA) is 90.2 Å². The van der Waals surface area contributed by atoms with E-state index >= 15 is 0 Å². The smallest absolute Gasteiger partial charge is 0.430 e. The predicted octanol–water partition coefficient (Wildman–Crippen LogP) is 7.43. The third-order valence-electron chi connectivity index (χ3n) is 7.70. The Kier molecular flexibility index (Phi) is 11.3. The Hall–Kier alpha value is -2.62. The number of carbonyl (C=O) groups excluding carboxylic acids is 1. The molecule has 1 aromatic carbocycles. The average Bonchev–Trinajstić information content (AvgIpc) is 2.81. The predicted molar refractivity (Wildman–Crippen MR) is 172 cm³/mol. The van der Waals surface area contributed by atoms with Gasteiger partial charge in [-0.15, -0.1) is 0 Å². The van der Waals surface area contributed by atoms with Gasteiger partial charge in [-0.05, 0) is 71.2 Å². The first-order chi connectivity index (χ1) is 19.1. The Morgan fingerprint density at radius 1 is 0.976 bits per heavy atom. The SMILES string of the molecule is CC(C)C(CO[Si](C)(C)C(C)(C)C)C(O)c1c(OCc2ccccc2)c(=O)ccn1N(C(=O)OC(C)(C)C)C(C)(C)C. The van der Waals surface area contributed by atoms with Crippen molar-refractivity contribution in [2.45, 2.75) is 118 Å². The molecule has 0 aliphatic carbocycles. The van der Waals surface area contributed by atoms with E-state index in [9.17, 15) is 14.7 Å². The van der Waals surface area contributed by atoms with Crippen LogP contribution < -0.4 is 15.2 Å². The van der Waals surface area contributed by atoms with Crippen molar-refractivity contribution in [1.29, 1.82) is 0 Å². The van der Waals surface area contributed by atoms with E-state index in [0.29, 0.717) is 6.61 Å². The summed E-state index contributed by atoms with van der Waals surface area (Å²) in [4.78, 5) is 27.1. The van der Waals surface area contributed by atoms with Crippen LogP contribution >= 0.6 is 0 Å². The molecule has 1 amide bonds. The van der Waals surface area contributed by atoms with Crippen LogP contribution in [0.25, 0.3) is 0 Å². The maximum Gasteiger partial charge on any atom is 0.430 e. The molecular weight excluding hydrogens is 548 g/mol. The van der Waals surface area contributed by atoms with Crippen LogP contribution in [0.15, 0.2) is 47.4 Å². The number of aromatic nitrogens is 1. The molecule has 0 saturated carbocycles. The van der Waals surface area contributed by atoms with Gasteiger partial charge in [-0.25, -0.2) is 9.80 Å². The number of pyridine rings is 1. The third kappa shape index (κ3) is 9.19. The number of carbonyl (C=O) groups is 1. The van der Waals surface area contributed by atoms with E-state index < -0.39 is 37.6 Å². The van der Waals surface area contributed by atoms with E-state index in [1.165, 1.54) is 21.9 Å². The Morgan fingerprint density at radius 2 is 1.55 bits per heavy atom. The number of nitrogens with zero attached hydrogens (tertiary/aromatic N) is 2. The lowest BCUT2D eigenvalue weighted by Gasteiger charge is -2.41. The van der Waals surface area contributed by atoms with Crippen molar-refractivity contribution >= 4 is 14.4 Å². The van der Waals surface area contributed by atoms with Gasteiger partial charge in [0.15, 0.2) is 14.1 Å². The van der Waals surface area contributed by atoms with Gasteiger partial charge in [-0.3, -0.25) is 9.47 Å². The summed E-state index contributed by atoms with van der Waals surface area (Å²) in [6.45, 7) is 26.3. The minimum atomic E-state index is -2.15. The molecule has 236 valence electrons. The Balaban J connectivity index is 2.76. The van der Waals surface area contributed by atoms with Crippen LogP contribution in [0.5, 0.6) is 5.75 Å². The van der Waals surface area contributed by atoms with E-state index in [0.717, 1.165) is 5.56 Å². The minimum absolute atomic E-state index is 0.00959. The number of hydrogen-bond acceptors (Lipinski definition) is 6. The van der Waals surface area contributed by atoms with Crippen molar-refractivity contribution < 1.29 is 23.8 Å². The van der Waals surface area contributed by atoms with Crippen LogP contribution in [-0.4, -0.2) is 41.9 Å². The van der Waals surface area contributed by atoms with Crippen molar-refractivity contribution in [3.05, 3.63) is 64.1 Å². The van der Waals surface area contributed by atoms with Crippen LogP contribution in [0.2, 0.25) is 18.1 Å². The van der Waals surface area contributed by atoms with E-state index in [2.05, 4.69) is 33.9 Å². The fourth-order valence-corrected chi connectivity index (χ4v) is 5.25. The largest absolute Gasteiger partial charge is 0.483 e. The Morgan fingerprint density at radius 3 is 2.02 bits per heavy atom. The molecule has 0 fully saturated rings. The second-order valence-electron chi connectivity index (χ2n) is 14.9. The molecule has 1 N–H and O–H groups in total. The molecule has 0 radical (unpaired) electrons. The molecule has 2 unspecified atom stereocenters. The van der Waals surface area contributed by atoms with Gasteiger partial charge in [0.1, 0.15) is 24.0 Å². The number of ether oxygens (including phenoxy) is 2. The molecule has 0 bridgehead atoms. The van der Waals surface area contributed by atoms with Gasteiger partial charge in [-0.2, -0.15) is 0 Å². The van der Waals surface area contributed by atoms with Crippen molar-refractivity contribution in [2.24, 2.45) is 11.8 Å². The summed E-state index contributed by atoms with van der Waals surface area (Å²) < 4.78 is 20.1. The van der Waals surface area contributed by atoms with Gasteiger partial charge in [-0.1, -0.05) is 65.0 Å². The fraction of sp³-hybridized carbons (Fsp3) is 0.636. The summed E-state index contributed by atoms with van der Waals surface area (Å²) >= 11 is 0. The van der Waals surface area contributed by atoms with Gasteiger partial charge in [0.05, 0.1) is 5.54 Å². The Bertz CT molecular complexity index is 1240. The highest BCUT2D eigenvalue weighted by Crippen LogP contribution is 2.39. The van der Waals surface area contributed by atoms with Gasteiger partial charge in [0, 0.05) is 24.8 Å². The molecule has 8 nitrogen and oxygen atoms in total. The normalized spacial score (nSPS) is 14.5. The number of hydrogen-bond donors (Lipinski definition) is 1. The lowest BCUT2D eigenvalue weighted by molar-refractivity contribution is 0.0311. The van der Waals surface area contributed by atoms with Crippen molar-refractivity contribution in [3.63, 3.8) is 0 Å². The summed E-state index contributed by atoms with van der Waals surface area (Å²) in [6, 6.07) is 10.9. The molecule has 42 heavy (non-hydrogen) atoms. The second-order valence-corrected chi connectivity index (χ2v) is 19.7. The summed E-state index contributed by atoms with van der Waals surface area (Å²) in [5.41, 5.74) is -0.871. The number of rotatable bonds is 10. The molecular formula is C33H54N2O6Si. The molecule has 2 aromatic rings. The summed E-state index contributed by atoms with van der Waals surface area (Å²) in [5.74, 6) is -0.420. The summed E-state index contributed by atoms with van der Waals surface area (Å²) in [7, 11) is -2.15. The van der Waals surface area contributed by atoms with E-state index in [4.69, 9.17) is 13.9 Å². The van der Waals surface area contributed by atoms with Crippen LogP contribution in [0.1, 0.15) is 93.5 Å². The zero-order chi connectivity index (χ0) is 32.3. The molecule has 2 rings (SSSR count). The van der Waals surface area contributed by atoms with Gasteiger partial charge in [0.2, 0.25) is 5.43 Å². The maximum absolute atomic E-state index is 13.7. The molecule has 0 spiro atoms.